The number of carboxylic acid groups (broad SMARTS) is 1. The van der Waals surface area contributed by atoms with Gasteiger partial charge in [-0.25, -0.2) is 0 Å². The van der Waals surface area contributed by atoms with Crippen LogP contribution in [-0.4, -0.2) is 46.5 Å². The number of nitro groups is 1. The van der Waals surface area contributed by atoms with Crippen LogP contribution in [0.3, 0.4) is 0 Å². The van der Waals surface area contributed by atoms with E-state index in [0.29, 0.717) is 0 Å². The number of carboxylic acids is 1. The van der Waals surface area contributed by atoms with Crippen molar-refractivity contribution in [1.29, 1.82) is 0 Å². The number of nitrogens with zero attached hydrogens (tertiary/aromatic N) is 2. The van der Waals surface area contributed by atoms with Gasteiger partial charge in [-0.3, -0.25) is 19.7 Å². The van der Waals surface area contributed by atoms with E-state index in [0.717, 1.165) is 4.90 Å². The van der Waals surface area contributed by atoms with Gasteiger partial charge < -0.3 is 14.7 Å². The molecule has 8 heteroatoms. The monoisotopic (exact) mass is 294 g/mol. The molecule has 8 nitrogen and oxygen atoms in total. The second-order valence-electron chi connectivity index (χ2n) is 4.00. The molecule has 1 aromatic rings. The number of hydrogen-bond donors (Lipinski definition) is 1. The molecular weight excluding hydrogens is 280 g/mol. The Labute approximate surface area is 120 Å². The first-order chi connectivity index (χ1) is 9.93. The normalized spacial score (nSPS) is 9.71. The lowest BCUT2D eigenvalue weighted by Gasteiger charge is -2.18. The predicted octanol–water partition coefficient (Wildman–Crippen LogP) is 1.07. The van der Waals surface area contributed by atoms with Crippen LogP contribution < -0.4 is 4.74 Å². The lowest BCUT2D eigenvalue weighted by molar-refractivity contribution is -0.384. The lowest BCUT2D eigenvalue weighted by atomic mass is 10.3. The number of nitro benzene ring substituents is 1. The highest BCUT2D eigenvalue weighted by Gasteiger charge is 2.16. The molecule has 0 radical (unpaired) electrons. The SMILES string of the molecule is C=CCN(CC(=O)O)C(=O)COc1ccc([N+](=O)[O-])cc1. The molecule has 21 heavy (non-hydrogen) atoms. The summed E-state index contributed by atoms with van der Waals surface area (Å²) in [5.74, 6) is -1.38. The molecule has 0 saturated heterocycles. The van der Waals surface area contributed by atoms with Crippen molar-refractivity contribution in [3.05, 3.63) is 47.0 Å². The molecule has 1 N–H and O–H groups in total. The van der Waals surface area contributed by atoms with Crippen LogP contribution in [-0.2, 0) is 9.59 Å². The Kier molecular flexibility index (Phi) is 5.87. The first-order valence-corrected chi connectivity index (χ1v) is 5.91. The zero-order valence-corrected chi connectivity index (χ0v) is 11.1. The zero-order chi connectivity index (χ0) is 15.8. The van der Waals surface area contributed by atoms with Crippen molar-refractivity contribution in [2.75, 3.05) is 19.7 Å². The van der Waals surface area contributed by atoms with E-state index in [1.165, 1.54) is 30.3 Å². The summed E-state index contributed by atoms with van der Waals surface area (Å²) < 4.78 is 5.17. The molecule has 0 saturated carbocycles. The molecule has 112 valence electrons. The van der Waals surface area contributed by atoms with E-state index in [4.69, 9.17) is 9.84 Å². The molecule has 0 spiro atoms. The largest absolute Gasteiger partial charge is 0.484 e. The van der Waals surface area contributed by atoms with E-state index >= 15 is 0 Å². The Bertz CT molecular complexity index is 540. The molecule has 1 amide bonds. The third-order valence-corrected chi connectivity index (χ3v) is 2.44. The number of carbonyl (C=O) groups is 2. The van der Waals surface area contributed by atoms with Gasteiger partial charge in [-0.1, -0.05) is 6.08 Å². The van der Waals surface area contributed by atoms with E-state index in [9.17, 15) is 19.7 Å². The Morgan fingerprint density at radius 2 is 2.00 bits per heavy atom. The molecule has 0 bridgehead atoms. The van der Waals surface area contributed by atoms with Crippen molar-refractivity contribution in [3.63, 3.8) is 0 Å². The molecule has 0 unspecified atom stereocenters. The fourth-order valence-corrected chi connectivity index (χ4v) is 1.47. The van der Waals surface area contributed by atoms with Crippen LogP contribution in [0.4, 0.5) is 5.69 Å². The number of carbonyl (C=O) groups excluding carboxylic acids is 1. The first-order valence-electron chi connectivity index (χ1n) is 5.91. The number of benzene rings is 1. The van der Waals surface area contributed by atoms with Gasteiger partial charge in [-0.05, 0) is 12.1 Å². The molecule has 0 aromatic heterocycles. The van der Waals surface area contributed by atoms with Gasteiger partial charge in [0.25, 0.3) is 11.6 Å². The molecule has 0 aliphatic carbocycles. The van der Waals surface area contributed by atoms with Gasteiger partial charge in [0, 0.05) is 18.7 Å². The maximum absolute atomic E-state index is 11.8. The summed E-state index contributed by atoms with van der Waals surface area (Å²) in [6.45, 7) is 2.72. The van der Waals surface area contributed by atoms with Crippen LogP contribution >= 0.6 is 0 Å². The minimum absolute atomic E-state index is 0.0900. The van der Waals surface area contributed by atoms with Crippen molar-refractivity contribution >= 4 is 17.6 Å². The first kappa shape index (κ1) is 16.2. The van der Waals surface area contributed by atoms with Gasteiger partial charge in [0.15, 0.2) is 6.61 Å². The number of non-ortho nitro benzene ring substituents is 1. The summed E-state index contributed by atoms with van der Waals surface area (Å²) in [5.41, 5.74) is -0.0900. The Hall–Kier alpha value is -2.90. The average Bonchev–Trinajstić information content (AvgIpc) is 2.44. The van der Waals surface area contributed by atoms with E-state index in [-0.39, 0.29) is 24.6 Å². The van der Waals surface area contributed by atoms with Crippen molar-refractivity contribution in [3.8, 4) is 5.75 Å². The maximum atomic E-state index is 11.8. The van der Waals surface area contributed by atoms with Gasteiger partial charge in [0.1, 0.15) is 12.3 Å². The Morgan fingerprint density at radius 1 is 1.38 bits per heavy atom. The molecule has 0 atom stereocenters. The van der Waals surface area contributed by atoms with E-state index in [2.05, 4.69) is 6.58 Å². The lowest BCUT2D eigenvalue weighted by Crippen LogP contribution is -2.38. The third kappa shape index (κ3) is 5.31. The summed E-state index contributed by atoms with van der Waals surface area (Å²) in [6, 6.07) is 5.22. The molecule has 0 fully saturated rings. The van der Waals surface area contributed by atoms with Crippen LogP contribution in [0.25, 0.3) is 0 Å². The molecule has 0 aliphatic rings. The Morgan fingerprint density at radius 3 is 2.48 bits per heavy atom. The summed E-state index contributed by atoms with van der Waals surface area (Å²) in [4.78, 5) is 33.4. The van der Waals surface area contributed by atoms with Gasteiger partial charge in [-0.15, -0.1) is 6.58 Å². The van der Waals surface area contributed by atoms with E-state index < -0.39 is 23.3 Å². The molecule has 1 rings (SSSR count). The third-order valence-electron chi connectivity index (χ3n) is 2.44. The van der Waals surface area contributed by atoms with E-state index in [1.54, 1.807) is 0 Å². The highest BCUT2D eigenvalue weighted by Crippen LogP contribution is 2.17. The quantitative estimate of drug-likeness (QED) is 0.436. The standard InChI is InChI=1S/C13H14N2O6/c1-2-7-14(8-13(17)18)12(16)9-21-11-5-3-10(4-6-11)15(19)20/h2-6H,1,7-9H2,(H,17,18). The number of ether oxygens (including phenoxy) is 1. The second-order valence-corrected chi connectivity index (χ2v) is 4.00. The van der Waals surface area contributed by atoms with Crippen LogP contribution in [0.2, 0.25) is 0 Å². The number of aliphatic carboxylic acids is 1. The minimum Gasteiger partial charge on any atom is -0.484 e. The highest BCUT2D eigenvalue weighted by atomic mass is 16.6. The summed E-state index contributed by atoms with van der Waals surface area (Å²) >= 11 is 0. The van der Waals surface area contributed by atoms with Gasteiger partial charge >= 0.3 is 5.97 Å². The number of rotatable bonds is 8. The fourth-order valence-electron chi connectivity index (χ4n) is 1.47. The van der Waals surface area contributed by atoms with Crippen molar-refractivity contribution in [2.24, 2.45) is 0 Å². The van der Waals surface area contributed by atoms with Crippen LogP contribution in [0, 0.1) is 10.1 Å². The Balaban J connectivity index is 2.59. The molecule has 1 aromatic carbocycles. The van der Waals surface area contributed by atoms with Crippen LogP contribution in [0.15, 0.2) is 36.9 Å². The predicted molar refractivity (Wildman–Crippen MR) is 73.0 cm³/mol. The zero-order valence-electron chi connectivity index (χ0n) is 11.1. The number of hydrogen-bond acceptors (Lipinski definition) is 5. The minimum atomic E-state index is -1.14. The topological polar surface area (TPSA) is 110 Å². The molecular formula is C13H14N2O6. The van der Waals surface area contributed by atoms with Crippen molar-refractivity contribution < 1.29 is 24.4 Å². The average molecular weight is 294 g/mol. The maximum Gasteiger partial charge on any atom is 0.323 e. The van der Waals surface area contributed by atoms with Crippen LogP contribution in [0.5, 0.6) is 5.75 Å². The highest BCUT2D eigenvalue weighted by molar-refractivity contribution is 5.82. The molecule has 0 heterocycles. The molecule has 0 aliphatic heterocycles. The van der Waals surface area contributed by atoms with E-state index in [1.807, 2.05) is 0 Å². The van der Waals surface area contributed by atoms with Gasteiger partial charge in [-0.2, -0.15) is 0 Å². The fraction of sp³-hybridized carbons (Fsp3) is 0.231. The smallest absolute Gasteiger partial charge is 0.323 e. The van der Waals surface area contributed by atoms with Crippen LogP contribution in [0.1, 0.15) is 0 Å². The summed E-state index contributed by atoms with van der Waals surface area (Å²) in [7, 11) is 0. The van der Waals surface area contributed by atoms with Crippen molar-refractivity contribution in [2.45, 2.75) is 0 Å². The second kappa shape index (κ2) is 7.63. The van der Waals surface area contributed by atoms with Gasteiger partial charge in [0.2, 0.25) is 0 Å². The summed E-state index contributed by atoms with van der Waals surface area (Å²) in [5, 5.41) is 19.2. The summed E-state index contributed by atoms with van der Waals surface area (Å²) in [6.07, 6.45) is 1.41. The van der Waals surface area contributed by atoms with Crippen molar-refractivity contribution in [1.82, 2.24) is 4.90 Å². The number of amides is 1. The van der Waals surface area contributed by atoms with Gasteiger partial charge in [0.05, 0.1) is 4.92 Å².